The Kier molecular flexibility index (Phi) is 5.31. The third-order valence-electron chi connectivity index (χ3n) is 3.95. The Labute approximate surface area is 118 Å². The lowest BCUT2D eigenvalue weighted by Gasteiger charge is -2.34. The van der Waals surface area contributed by atoms with Gasteiger partial charge in [-0.2, -0.15) is 8.78 Å². The van der Waals surface area contributed by atoms with E-state index >= 15 is 0 Å². The third kappa shape index (κ3) is 3.46. The fraction of sp³-hybridized carbons (Fsp3) is 0.600. The van der Waals surface area contributed by atoms with Crippen molar-refractivity contribution in [2.24, 2.45) is 0 Å². The highest BCUT2D eigenvalue weighted by Gasteiger charge is 2.27. The molecule has 0 aromatic heterocycles. The molecule has 3 nitrogen and oxygen atoms in total. The number of para-hydroxylation sites is 1. The largest absolute Gasteiger partial charge is 0.434 e. The number of rotatable bonds is 6. The second-order valence-corrected chi connectivity index (χ2v) is 5.07. The highest BCUT2D eigenvalue weighted by atomic mass is 19.3. The number of hydrogen-bond donors (Lipinski definition) is 1. The van der Waals surface area contributed by atoms with Gasteiger partial charge in [-0.05, 0) is 32.5 Å². The number of likely N-dealkylation sites (N-methyl/N-ethyl adjacent to an activating group) is 1. The maximum absolute atomic E-state index is 12.5. The fourth-order valence-corrected chi connectivity index (χ4v) is 2.98. The summed E-state index contributed by atoms with van der Waals surface area (Å²) in [7, 11) is 0. The second kappa shape index (κ2) is 6.99. The van der Waals surface area contributed by atoms with Crippen molar-refractivity contribution in [3.63, 3.8) is 0 Å². The monoisotopic (exact) mass is 284 g/mol. The number of halogens is 2. The Balaban J connectivity index is 2.19. The van der Waals surface area contributed by atoms with Gasteiger partial charge in [0.1, 0.15) is 5.75 Å². The lowest BCUT2D eigenvalue weighted by atomic mass is 10.0. The topological polar surface area (TPSA) is 24.5 Å². The van der Waals surface area contributed by atoms with E-state index in [4.69, 9.17) is 0 Å². The molecule has 1 aliphatic rings. The third-order valence-corrected chi connectivity index (χ3v) is 3.95. The molecule has 1 aliphatic heterocycles. The molecule has 0 amide bonds. The first-order valence-electron chi connectivity index (χ1n) is 7.13. The van der Waals surface area contributed by atoms with Crippen molar-refractivity contribution in [3.8, 4) is 5.75 Å². The molecule has 1 fully saturated rings. The zero-order valence-corrected chi connectivity index (χ0v) is 12.0. The van der Waals surface area contributed by atoms with E-state index in [1.54, 1.807) is 12.1 Å². The van der Waals surface area contributed by atoms with Crippen molar-refractivity contribution >= 4 is 0 Å². The van der Waals surface area contributed by atoms with Crippen LogP contribution in [0.2, 0.25) is 0 Å². The van der Waals surface area contributed by atoms with Crippen molar-refractivity contribution in [2.75, 3.05) is 19.6 Å². The van der Waals surface area contributed by atoms with Gasteiger partial charge < -0.3 is 10.1 Å². The molecular weight excluding hydrogens is 262 g/mol. The maximum Gasteiger partial charge on any atom is 0.387 e. The van der Waals surface area contributed by atoms with Crippen LogP contribution in [0.3, 0.4) is 0 Å². The first-order valence-corrected chi connectivity index (χ1v) is 7.13. The fourth-order valence-electron chi connectivity index (χ4n) is 2.98. The summed E-state index contributed by atoms with van der Waals surface area (Å²) in [4.78, 5) is 2.34. The molecule has 0 bridgehead atoms. The minimum atomic E-state index is -2.79. The zero-order chi connectivity index (χ0) is 14.5. The van der Waals surface area contributed by atoms with Crippen LogP contribution in [-0.2, 0) is 0 Å². The van der Waals surface area contributed by atoms with E-state index in [1.165, 1.54) is 0 Å². The molecule has 20 heavy (non-hydrogen) atoms. The summed E-state index contributed by atoms with van der Waals surface area (Å²) in [6.07, 6.45) is 1.09. The Bertz CT molecular complexity index is 422. The molecule has 2 atom stereocenters. The van der Waals surface area contributed by atoms with Crippen LogP contribution in [0.25, 0.3) is 0 Å². The van der Waals surface area contributed by atoms with Crippen LogP contribution < -0.4 is 10.1 Å². The van der Waals surface area contributed by atoms with Crippen LogP contribution in [0.5, 0.6) is 5.75 Å². The minimum absolute atomic E-state index is 0.0554. The van der Waals surface area contributed by atoms with Crippen LogP contribution in [-0.4, -0.2) is 37.2 Å². The summed E-state index contributed by atoms with van der Waals surface area (Å²) in [5, 5.41) is 3.35. The molecule has 112 valence electrons. The molecule has 1 N–H and O–H groups in total. The van der Waals surface area contributed by atoms with Crippen molar-refractivity contribution < 1.29 is 13.5 Å². The van der Waals surface area contributed by atoms with Gasteiger partial charge in [0.15, 0.2) is 0 Å². The molecule has 1 aromatic carbocycles. The SMILES string of the molecule is CCN(C1CCNC1)C(C)c1ccccc1OC(F)F. The van der Waals surface area contributed by atoms with Gasteiger partial charge in [0.05, 0.1) is 0 Å². The van der Waals surface area contributed by atoms with E-state index in [0.29, 0.717) is 6.04 Å². The molecule has 2 rings (SSSR count). The highest BCUT2D eigenvalue weighted by molar-refractivity contribution is 5.35. The summed E-state index contributed by atoms with van der Waals surface area (Å²) >= 11 is 0. The summed E-state index contributed by atoms with van der Waals surface area (Å²) in [5.74, 6) is 0.277. The quantitative estimate of drug-likeness (QED) is 0.869. The van der Waals surface area contributed by atoms with E-state index < -0.39 is 6.61 Å². The van der Waals surface area contributed by atoms with E-state index in [-0.39, 0.29) is 11.8 Å². The van der Waals surface area contributed by atoms with Gasteiger partial charge in [0.2, 0.25) is 0 Å². The molecule has 0 radical (unpaired) electrons. The lowest BCUT2D eigenvalue weighted by Crippen LogP contribution is -2.38. The minimum Gasteiger partial charge on any atom is -0.434 e. The van der Waals surface area contributed by atoms with Gasteiger partial charge in [-0.3, -0.25) is 4.90 Å². The van der Waals surface area contributed by atoms with E-state index in [1.807, 2.05) is 12.1 Å². The molecule has 1 saturated heterocycles. The van der Waals surface area contributed by atoms with E-state index in [9.17, 15) is 8.78 Å². The Morgan fingerprint density at radius 3 is 2.75 bits per heavy atom. The van der Waals surface area contributed by atoms with Gasteiger partial charge >= 0.3 is 6.61 Å². The Morgan fingerprint density at radius 2 is 2.15 bits per heavy atom. The number of hydrogen-bond acceptors (Lipinski definition) is 3. The van der Waals surface area contributed by atoms with Crippen molar-refractivity contribution in [1.29, 1.82) is 0 Å². The standard InChI is InChI=1S/C15H22F2N2O/c1-3-19(12-8-9-18-10-12)11(2)13-6-4-5-7-14(13)20-15(16)17/h4-7,11-12,15,18H,3,8-10H2,1-2H3. The van der Waals surface area contributed by atoms with Crippen LogP contribution >= 0.6 is 0 Å². The van der Waals surface area contributed by atoms with Gasteiger partial charge in [0.25, 0.3) is 0 Å². The highest BCUT2D eigenvalue weighted by Crippen LogP contribution is 2.32. The zero-order valence-electron chi connectivity index (χ0n) is 12.0. The van der Waals surface area contributed by atoms with Gasteiger partial charge in [-0.15, -0.1) is 0 Å². The van der Waals surface area contributed by atoms with E-state index in [0.717, 1.165) is 31.6 Å². The number of nitrogens with zero attached hydrogens (tertiary/aromatic N) is 1. The Morgan fingerprint density at radius 1 is 1.40 bits per heavy atom. The second-order valence-electron chi connectivity index (χ2n) is 5.07. The maximum atomic E-state index is 12.5. The smallest absolute Gasteiger partial charge is 0.387 e. The summed E-state index contributed by atoms with van der Waals surface area (Å²) in [5.41, 5.74) is 0.821. The number of ether oxygens (including phenoxy) is 1. The van der Waals surface area contributed by atoms with Gasteiger partial charge in [-0.25, -0.2) is 0 Å². The molecule has 1 heterocycles. The van der Waals surface area contributed by atoms with Crippen molar-refractivity contribution in [1.82, 2.24) is 10.2 Å². The van der Waals surface area contributed by atoms with Crippen LogP contribution in [0.1, 0.15) is 31.9 Å². The predicted molar refractivity (Wildman–Crippen MR) is 75.1 cm³/mol. The summed E-state index contributed by atoms with van der Waals surface area (Å²) in [6.45, 7) is 4.22. The molecular formula is C15H22F2N2O. The molecule has 2 unspecified atom stereocenters. The summed E-state index contributed by atoms with van der Waals surface area (Å²) in [6, 6.07) is 7.58. The lowest BCUT2D eigenvalue weighted by molar-refractivity contribution is -0.0512. The molecule has 5 heteroatoms. The van der Waals surface area contributed by atoms with Crippen LogP contribution in [0.4, 0.5) is 8.78 Å². The van der Waals surface area contributed by atoms with Crippen molar-refractivity contribution in [3.05, 3.63) is 29.8 Å². The average Bonchev–Trinajstić information content (AvgIpc) is 2.93. The molecule has 1 aromatic rings. The summed E-state index contributed by atoms with van der Waals surface area (Å²) < 4.78 is 29.7. The van der Waals surface area contributed by atoms with Crippen molar-refractivity contribution in [2.45, 2.75) is 39.0 Å². The number of alkyl halides is 2. The number of benzene rings is 1. The van der Waals surface area contributed by atoms with Gasteiger partial charge in [-0.1, -0.05) is 25.1 Å². The normalized spacial score (nSPS) is 20.6. The Hall–Kier alpha value is -1.20. The van der Waals surface area contributed by atoms with Gasteiger partial charge in [0, 0.05) is 24.2 Å². The molecule has 0 aliphatic carbocycles. The molecule has 0 saturated carbocycles. The molecule has 0 spiro atoms. The van der Waals surface area contributed by atoms with Crippen LogP contribution in [0.15, 0.2) is 24.3 Å². The number of nitrogens with one attached hydrogen (secondary N) is 1. The van der Waals surface area contributed by atoms with E-state index in [2.05, 4.69) is 28.8 Å². The first kappa shape index (κ1) is 15.2. The van der Waals surface area contributed by atoms with Crippen LogP contribution in [0, 0.1) is 0 Å². The predicted octanol–water partition coefficient (Wildman–Crippen LogP) is 3.03. The average molecular weight is 284 g/mol. The first-order chi connectivity index (χ1) is 9.63.